The van der Waals surface area contributed by atoms with Crippen LogP contribution in [0.25, 0.3) is 0 Å². The number of carbonyl (C=O) groups excluding carboxylic acids is 2. The van der Waals surface area contributed by atoms with Gasteiger partial charge in [-0.1, -0.05) is 66.6 Å². The first kappa shape index (κ1) is 22.3. The largest absolute Gasteiger partial charge is 0.357 e. The van der Waals surface area contributed by atoms with E-state index in [0.717, 1.165) is 16.7 Å². The van der Waals surface area contributed by atoms with E-state index in [4.69, 9.17) is 11.6 Å². The van der Waals surface area contributed by atoms with E-state index in [1.165, 1.54) is 11.8 Å². The third-order valence-electron chi connectivity index (χ3n) is 4.55. The Morgan fingerprint density at radius 3 is 2.43 bits per heavy atom. The van der Waals surface area contributed by atoms with Gasteiger partial charge in [-0.2, -0.15) is 0 Å². The van der Waals surface area contributed by atoms with Gasteiger partial charge in [0.15, 0.2) is 0 Å². The van der Waals surface area contributed by atoms with Crippen molar-refractivity contribution >= 4 is 35.2 Å². The van der Waals surface area contributed by atoms with Crippen LogP contribution in [-0.2, 0) is 21.9 Å². The molecule has 0 heterocycles. The summed E-state index contributed by atoms with van der Waals surface area (Å²) >= 11 is 7.70. The summed E-state index contributed by atoms with van der Waals surface area (Å²) in [6.07, 6.45) is 0.562. The average Bonchev–Trinajstić information content (AvgIpc) is 2.70. The van der Waals surface area contributed by atoms with Crippen LogP contribution in [0.2, 0.25) is 5.02 Å². The Kier molecular flexibility index (Phi) is 8.87. The Labute approximate surface area is 176 Å². The predicted octanol–water partition coefficient (Wildman–Crippen LogP) is 4.44. The minimum absolute atomic E-state index is 0.0481. The van der Waals surface area contributed by atoms with Gasteiger partial charge in [0.2, 0.25) is 11.8 Å². The van der Waals surface area contributed by atoms with Crippen molar-refractivity contribution in [1.82, 2.24) is 10.2 Å². The molecule has 0 aliphatic rings. The molecular weight excluding hydrogens is 392 g/mol. The van der Waals surface area contributed by atoms with Crippen molar-refractivity contribution < 1.29 is 9.59 Å². The standard InChI is InChI=1S/C22H27ClN2O2S/c1-4-20(22(27)24-3)25(13-17-11-9-16(2)10-12-17)21(26)15-28-14-18-7-5-6-8-19(18)23/h5-12,20H,4,13-15H2,1-3H3,(H,24,27). The fourth-order valence-corrected chi connectivity index (χ4v) is 4.12. The van der Waals surface area contributed by atoms with Crippen molar-refractivity contribution in [1.29, 1.82) is 0 Å². The summed E-state index contributed by atoms with van der Waals surface area (Å²) in [5.41, 5.74) is 3.18. The maximum Gasteiger partial charge on any atom is 0.242 e. The van der Waals surface area contributed by atoms with Crippen LogP contribution in [0.1, 0.15) is 30.0 Å². The normalized spacial score (nSPS) is 11.7. The highest BCUT2D eigenvalue weighted by molar-refractivity contribution is 7.99. The molecule has 150 valence electrons. The highest BCUT2D eigenvalue weighted by Crippen LogP contribution is 2.22. The maximum atomic E-state index is 13.0. The molecule has 0 fully saturated rings. The monoisotopic (exact) mass is 418 g/mol. The zero-order chi connectivity index (χ0) is 20.5. The number of benzene rings is 2. The van der Waals surface area contributed by atoms with Gasteiger partial charge in [-0.15, -0.1) is 11.8 Å². The zero-order valence-electron chi connectivity index (χ0n) is 16.6. The number of thioether (sulfide) groups is 1. The van der Waals surface area contributed by atoms with Gasteiger partial charge in [0, 0.05) is 24.4 Å². The lowest BCUT2D eigenvalue weighted by Crippen LogP contribution is -2.48. The van der Waals surface area contributed by atoms with Crippen molar-refractivity contribution in [3.8, 4) is 0 Å². The van der Waals surface area contributed by atoms with Gasteiger partial charge in [0.05, 0.1) is 5.75 Å². The van der Waals surface area contributed by atoms with Crippen LogP contribution in [0, 0.1) is 6.92 Å². The van der Waals surface area contributed by atoms with E-state index in [0.29, 0.717) is 29.5 Å². The van der Waals surface area contributed by atoms with Gasteiger partial charge >= 0.3 is 0 Å². The van der Waals surface area contributed by atoms with Crippen molar-refractivity contribution in [2.45, 2.75) is 38.6 Å². The smallest absolute Gasteiger partial charge is 0.242 e. The number of nitrogens with zero attached hydrogens (tertiary/aromatic N) is 1. The first-order chi connectivity index (χ1) is 13.5. The van der Waals surface area contributed by atoms with E-state index in [9.17, 15) is 9.59 Å². The number of rotatable bonds is 9. The van der Waals surface area contributed by atoms with Gasteiger partial charge < -0.3 is 10.2 Å². The lowest BCUT2D eigenvalue weighted by atomic mass is 10.1. The molecule has 1 atom stereocenters. The molecule has 4 nitrogen and oxygen atoms in total. The molecule has 2 amide bonds. The van der Waals surface area contributed by atoms with Crippen molar-refractivity contribution in [2.24, 2.45) is 0 Å². The minimum atomic E-state index is -0.486. The molecule has 0 aromatic heterocycles. The molecule has 1 unspecified atom stereocenters. The lowest BCUT2D eigenvalue weighted by Gasteiger charge is -2.30. The molecule has 1 N–H and O–H groups in total. The van der Waals surface area contributed by atoms with Crippen molar-refractivity contribution in [3.05, 3.63) is 70.2 Å². The number of carbonyl (C=O) groups is 2. The van der Waals surface area contributed by atoms with E-state index in [1.807, 2.05) is 62.4 Å². The Balaban J connectivity index is 2.10. The summed E-state index contributed by atoms with van der Waals surface area (Å²) < 4.78 is 0. The number of hydrogen-bond donors (Lipinski definition) is 1. The van der Waals surface area contributed by atoms with Gasteiger partial charge in [0.25, 0.3) is 0 Å². The first-order valence-corrected chi connectivity index (χ1v) is 10.9. The fourth-order valence-electron chi connectivity index (χ4n) is 2.92. The molecule has 0 saturated heterocycles. The quantitative estimate of drug-likeness (QED) is 0.655. The molecule has 2 aromatic carbocycles. The van der Waals surface area contributed by atoms with E-state index >= 15 is 0 Å². The number of likely N-dealkylation sites (N-methyl/N-ethyl adjacent to an activating group) is 1. The number of halogens is 1. The van der Waals surface area contributed by atoms with E-state index < -0.39 is 6.04 Å². The third kappa shape index (κ3) is 6.28. The van der Waals surface area contributed by atoms with Gasteiger partial charge in [0.1, 0.15) is 6.04 Å². The van der Waals surface area contributed by atoms with Crippen LogP contribution >= 0.6 is 23.4 Å². The second-order valence-corrected chi connectivity index (χ2v) is 8.02. The van der Waals surface area contributed by atoms with Crippen LogP contribution in [0.3, 0.4) is 0 Å². The minimum Gasteiger partial charge on any atom is -0.357 e. The van der Waals surface area contributed by atoms with Crippen LogP contribution in [-0.4, -0.2) is 35.6 Å². The predicted molar refractivity (Wildman–Crippen MR) is 117 cm³/mol. The molecule has 0 aliphatic carbocycles. The van der Waals surface area contributed by atoms with Crippen LogP contribution in [0.5, 0.6) is 0 Å². The molecule has 2 aromatic rings. The Hall–Kier alpha value is -1.98. The highest BCUT2D eigenvalue weighted by atomic mass is 35.5. The second-order valence-electron chi connectivity index (χ2n) is 6.63. The molecular formula is C22H27ClN2O2S. The molecule has 0 bridgehead atoms. The van der Waals surface area contributed by atoms with Gasteiger partial charge in [-0.3, -0.25) is 9.59 Å². The Morgan fingerprint density at radius 2 is 1.82 bits per heavy atom. The van der Waals surface area contributed by atoms with Gasteiger partial charge in [-0.05, 0) is 30.5 Å². The van der Waals surface area contributed by atoms with Crippen LogP contribution in [0.4, 0.5) is 0 Å². The first-order valence-electron chi connectivity index (χ1n) is 9.34. The van der Waals surface area contributed by atoms with E-state index in [-0.39, 0.29) is 11.8 Å². The summed E-state index contributed by atoms with van der Waals surface area (Å²) in [5, 5.41) is 3.38. The van der Waals surface area contributed by atoms with Crippen LogP contribution in [0.15, 0.2) is 48.5 Å². The Morgan fingerprint density at radius 1 is 1.14 bits per heavy atom. The molecule has 2 rings (SSSR count). The molecule has 6 heteroatoms. The fraction of sp³-hybridized carbons (Fsp3) is 0.364. The molecule has 0 saturated carbocycles. The molecule has 0 aliphatic heterocycles. The summed E-state index contributed by atoms with van der Waals surface area (Å²) in [6, 6.07) is 15.2. The summed E-state index contributed by atoms with van der Waals surface area (Å²) in [4.78, 5) is 27.0. The van der Waals surface area contributed by atoms with Crippen molar-refractivity contribution in [2.75, 3.05) is 12.8 Å². The Bertz CT molecular complexity index is 795. The summed E-state index contributed by atoms with van der Waals surface area (Å²) in [7, 11) is 1.60. The number of nitrogens with one attached hydrogen (secondary N) is 1. The van der Waals surface area contributed by atoms with E-state index in [2.05, 4.69) is 5.32 Å². The number of amides is 2. The number of hydrogen-bond acceptors (Lipinski definition) is 3. The summed E-state index contributed by atoms with van der Waals surface area (Å²) in [5.74, 6) is 0.762. The lowest BCUT2D eigenvalue weighted by molar-refractivity contribution is -0.139. The van der Waals surface area contributed by atoms with Gasteiger partial charge in [-0.25, -0.2) is 0 Å². The van der Waals surface area contributed by atoms with E-state index in [1.54, 1.807) is 11.9 Å². The zero-order valence-corrected chi connectivity index (χ0v) is 18.1. The third-order valence-corrected chi connectivity index (χ3v) is 5.88. The summed E-state index contributed by atoms with van der Waals surface area (Å²) in [6.45, 7) is 4.36. The number of aryl methyl sites for hydroxylation is 1. The maximum absolute atomic E-state index is 13.0. The molecule has 0 radical (unpaired) electrons. The molecule has 0 spiro atoms. The average molecular weight is 419 g/mol. The highest BCUT2D eigenvalue weighted by Gasteiger charge is 2.27. The van der Waals surface area contributed by atoms with Crippen LogP contribution < -0.4 is 5.32 Å². The second kappa shape index (κ2) is 11.1. The molecule has 28 heavy (non-hydrogen) atoms. The SMILES string of the molecule is CCC(C(=O)NC)N(Cc1ccc(C)cc1)C(=O)CSCc1ccccc1Cl. The topological polar surface area (TPSA) is 49.4 Å². The van der Waals surface area contributed by atoms with Crippen molar-refractivity contribution in [3.63, 3.8) is 0 Å².